The lowest BCUT2D eigenvalue weighted by Crippen LogP contribution is -2.27. The molecule has 1 amide bonds. The second-order valence-electron chi connectivity index (χ2n) is 4.05. The van der Waals surface area contributed by atoms with Crippen LogP contribution in [0.25, 0.3) is 0 Å². The van der Waals surface area contributed by atoms with E-state index in [1.165, 1.54) is 0 Å². The van der Waals surface area contributed by atoms with Crippen molar-refractivity contribution < 1.29 is 4.79 Å². The van der Waals surface area contributed by atoms with Gasteiger partial charge in [0.15, 0.2) is 0 Å². The van der Waals surface area contributed by atoms with E-state index in [2.05, 4.69) is 9.97 Å². The number of carbonyl (C=O) groups is 1. The van der Waals surface area contributed by atoms with Gasteiger partial charge in [0.2, 0.25) is 5.95 Å². The lowest BCUT2D eigenvalue weighted by Gasteiger charge is -2.16. The fourth-order valence-electron chi connectivity index (χ4n) is 1.62. The Labute approximate surface area is 109 Å². The third-order valence-electron chi connectivity index (χ3n) is 2.44. The van der Waals surface area contributed by atoms with E-state index in [1.807, 2.05) is 16.8 Å². The molecule has 0 spiro atoms. The molecular formula is C12H14N4OS. The van der Waals surface area contributed by atoms with Gasteiger partial charge >= 0.3 is 0 Å². The highest BCUT2D eigenvalue weighted by atomic mass is 32.1. The van der Waals surface area contributed by atoms with Crippen molar-refractivity contribution in [2.45, 2.75) is 13.5 Å². The van der Waals surface area contributed by atoms with Crippen LogP contribution in [0.4, 0.5) is 5.95 Å². The van der Waals surface area contributed by atoms with Gasteiger partial charge in [-0.2, -0.15) is 11.3 Å². The van der Waals surface area contributed by atoms with Crippen LogP contribution in [0.2, 0.25) is 0 Å². The zero-order valence-electron chi connectivity index (χ0n) is 10.3. The Morgan fingerprint density at radius 1 is 1.50 bits per heavy atom. The third-order valence-corrected chi connectivity index (χ3v) is 3.17. The molecule has 5 nitrogen and oxygen atoms in total. The van der Waals surface area contributed by atoms with Crippen LogP contribution in [0.3, 0.4) is 0 Å². The van der Waals surface area contributed by atoms with Gasteiger partial charge in [-0.25, -0.2) is 9.97 Å². The summed E-state index contributed by atoms with van der Waals surface area (Å²) in [5.41, 5.74) is 7.67. The van der Waals surface area contributed by atoms with Gasteiger partial charge in [0, 0.05) is 19.3 Å². The molecule has 2 rings (SSSR count). The van der Waals surface area contributed by atoms with Crippen LogP contribution < -0.4 is 5.73 Å². The van der Waals surface area contributed by atoms with Crippen molar-refractivity contribution >= 4 is 23.2 Å². The van der Waals surface area contributed by atoms with E-state index in [0.29, 0.717) is 17.9 Å². The van der Waals surface area contributed by atoms with E-state index in [0.717, 1.165) is 5.56 Å². The van der Waals surface area contributed by atoms with E-state index in [-0.39, 0.29) is 11.9 Å². The predicted molar refractivity (Wildman–Crippen MR) is 71.3 cm³/mol. The topological polar surface area (TPSA) is 72.1 Å². The molecule has 2 aromatic rings. The van der Waals surface area contributed by atoms with Gasteiger partial charge in [-0.05, 0) is 35.4 Å². The number of hydrogen-bond acceptors (Lipinski definition) is 5. The fourth-order valence-corrected chi connectivity index (χ4v) is 2.28. The van der Waals surface area contributed by atoms with Crippen LogP contribution in [0.15, 0.2) is 22.9 Å². The molecule has 0 fully saturated rings. The van der Waals surface area contributed by atoms with Gasteiger partial charge in [0.25, 0.3) is 5.91 Å². The molecule has 0 aliphatic rings. The average Bonchev–Trinajstić information content (AvgIpc) is 2.79. The molecule has 0 unspecified atom stereocenters. The van der Waals surface area contributed by atoms with E-state index in [4.69, 9.17) is 5.73 Å². The normalized spacial score (nSPS) is 10.3. The van der Waals surface area contributed by atoms with Gasteiger partial charge in [0.1, 0.15) is 5.69 Å². The maximum atomic E-state index is 12.2. The molecule has 6 heteroatoms. The highest BCUT2D eigenvalue weighted by Gasteiger charge is 2.15. The Hall–Kier alpha value is -1.95. The molecule has 0 aromatic carbocycles. The maximum absolute atomic E-state index is 12.2. The first-order valence-corrected chi connectivity index (χ1v) is 6.38. The SMILES string of the molecule is Cc1cc(C(=O)N(C)Cc2ccsc2)nc(N)n1. The number of thiophene rings is 1. The number of anilines is 1. The Balaban J connectivity index is 2.15. The number of nitrogens with two attached hydrogens (primary N) is 1. The number of rotatable bonds is 3. The van der Waals surface area contributed by atoms with Crippen LogP contribution in [0, 0.1) is 6.92 Å². The van der Waals surface area contributed by atoms with Crippen molar-refractivity contribution in [1.82, 2.24) is 14.9 Å². The van der Waals surface area contributed by atoms with Gasteiger partial charge in [-0.1, -0.05) is 0 Å². The molecule has 0 radical (unpaired) electrons. The first-order valence-electron chi connectivity index (χ1n) is 5.44. The minimum absolute atomic E-state index is 0.127. The molecule has 2 heterocycles. The number of hydrogen-bond donors (Lipinski definition) is 1. The highest BCUT2D eigenvalue weighted by Crippen LogP contribution is 2.11. The largest absolute Gasteiger partial charge is 0.368 e. The molecule has 0 saturated heterocycles. The second kappa shape index (κ2) is 5.14. The summed E-state index contributed by atoms with van der Waals surface area (Å²) in [6, 6.07) is 3.64. The van der Waals surface area contributed by atoms with Crippen molar-refractivity contribution in [2.75, 3.05) is 12.8 Å². The van der Waals surface area contributed by atoms with Crippen LogP contribution in [0.1, 0.15) is 21.7 Å². The summed E-state index contributed by atoms with van der Waals surface area (Å²) in [5.74, 6) is -0.0271. The number of amides is 1. The number of aryl methyl sites for hydroxylation is 1. The van der Waals surface area contributed by atoms with Crippen molar-refractivity contribution in [3.63, 3.8) is 0 Å². The van der Waals surface area contributed by atoms with Crippen molar-refractivity contribution in [3.8, 4) is 0 Å². The molecule has 0 saturated carbocycles. The van der Waals surface area contributed by atoms with Gasteiger partial charge in [0.05, 0.1) is 0 Å². The summed E-state index contributed by atoms with van der Waals surface area (Å²) in [4.78, 5) is 21.7. The minimum Gasteiger partial charge on any atom is -0.368 e. The Morgan fingerprint density at radius 3 is 2.89 bits per heavy atom. The Bertz CT molecular complexity index is 533. The van der Waals surface area contributed by atoms with Crippen molar-refractivity contribution in [1.29, 1.82) is 0 Å². The molecule has 0 atom stereocenters. The Kier molecular flexibility index (Phi) is 3.57. The Morgan fingerprint density at radius 2 is 2.28 bits per heavy atom. The summed E-state index contributed by atoms with van der Waals surface area (Å²) in [6.45, 7) is 2.35. The lowest BCUT2D eigenvalue weighted by molar-refractivity contribution is 0.0779. The van der Waals surface area contributed by atoms with Gasteiger partial charge in [-0.15, -0.1) is 0 Å². The number of nitrogen functional groups attached to an aromatic ring is 1. The van der Waals surface area contributed by atoms with Gasteiger partial charge < -0.3 is 10.6 Å². The quantitative estimate of drug-likeness (QED) is 0.913. The molecule has 18 heavy (non-hydrogen) atoms. The summed E-state index contributed by atoms with van der Waals surface area (Å²) in [5, 5.41) is 4.00. The average molecular weight is 262 g/mol. The van der Waals surface area contributed by atoms with E-state index >= 15 is 0 Å². The molecule has 0 aliphatic carbocycles. The lowest BCUT2D eigenvalue weighted by atomic mass is 10.2. The monoisotopic (exact) mass is 262 g/mol. The summed E-state index contributed by atoms with van der Waals surface area (Å²) < 4.78 is 0. The minimum atomic E-state index is -0.154. The zero-order chi connectivity index (χ0) is 13.1. The molecule has 2 aromatic heterocycles. The van der Waals surface area contributed by atoms with Crippen LogP contribution in [-0.4, -0.2) is 27.8 Å². The summed E-state index contributed by atoms with van der Waals surface area (Å²) >= 11 is 1.61. The molecule has 2 N–H and O–H groups in total. The standard InChI is InChI=1S/C12H14N4OS/c1-8-5-10(15-12(13)14-8)11(17)16(2)6-9-3-4-18-7-9/h3-5,7H,6H2,1-2H3,(H2,13,14,15). The maximum Gasteiger partial charge on any atom is 0.272 e. The summed E-state index contributed by atoms with van der Waals surface area (Å²) in [6.07, 6.45) is 0. The predicted octanol–water partition coefficient (Wildman–Crippen LogP) is 1.70. The van der Waals surface area contributed by atoms with E-state index < -0.39 is 0 Å². The summed E-state index contributed by atoms with van der Waals surface area (Å²) in [7, 11) is 1.74. The fraction of sp³-hybridized carbons (Fsp3) is 0.250. The first-order chi connectivity index (χ1) is 8.56. The van der Waals surface area contributed by atoms with Crippen LogP contribution >= 0.6 is 11.3 Å². The zero-order valence-corrected chi connectivity index (χ0v) is 11.1. The highest BCUT2D eigenvalue weighted by molar-refractivity contribution is 7.07. The van der Waals surface area contributed by atoms with Crippen molar-refractivity contribution in [3.05, 3.63) is 39.8 Å². The van der Waals surface area contributed by atoms with E-state index in [9.17, 15) is 4.79 Å². The number of aromatic nitrogens is 2. The molecule has 0 bridgehead atoms. The molecular weight excluding hydrogens is 248 g/mol. The van der Waals surface area contributed by atoms with Crippen molar-refractivity contribution in [2.24, 2.45) is 0 Å². The van der Waals surface area contributed by atoms with Gasteiger partial charge in [-0.3, -0.25) is 4.79 Å². The second-order valence-corrected chi connectivity index (χ2v) is 4.83. The van der Waals surface area contributed by atoms with Crippen LogP contribution in [0.5, 0.6) is 0 Å². The number of carbonyl (C=O) groups excluding carboxylic acids is 1. The third kappa shape index (κ3) is 2.84. The smallest absolute Gasteiger partial charge is 0.272 e. The number of nitrogens with zero attached hydrogens (tertiary/aromatic N) is 3. The molecule has 94 valence electrons. The molecule has 0 aliphatic heterocycles. The van der Waals surface area contributed by atoms with Crippen LogP contribution in [-0.2, 0) is 6.54 Å². The van der Waals surface area contributed by atoms with E-state index in [1.54, 1.807) is 36.3 Å². The first kappa shape index (κ1) is 12.5.